The third kappa shape index (κ3) is 5.78. The van der Waals surface area contributed by atoms with Gasteiger partial charge in [0.1, 0.15) is 16.3 Å². The molecular weight excluding hydrogens is 445 g/mol. The molecule has 0 radical (unpaired) electrons. The van der Waals surface area contributed by atoms with Crippen molar-refractivity contribution in [2.24, 2.45) is 11.8 Å². The minimum absolute atomic E-state index is 0.160. The average Bonchev–Trinajstić information content (AvgIpc) is 3.35. The molecule has 0 unspecified atom stereocenters. The third-order valence-corrected chi connectivity index (χ3v) is 8.31. The van der Waals surface area contributed by atoms with Crippen LogP contribution in [-0.4, -0.2) is 59.1 Å². The number of nitrogens with zero attached hydrogens (tertiary/aromatic N) is 3. The molecule has 3 atom stereocenters. The molecule has 0 amide bonds. The van der Waals surface area contributed by atoms with Crippen molar-refractivity contribution >= 4 is 34.0 Å². The minimum atomic E-state index is -1.06. The first-order valence-electron chi connectivity index (χ1n) is 11.1. The lowest BCUT2D eigenvalue weighted by Crippen LogP contribution is -2.43. The summed E-state index contributed by atoms with van der Waals surface area (Å²) in [5.74, 6) is 2.26. The number of rotatable bonds is 10. The normalized spacial score (nSPS) is 20.5. The molecule has 4 rings (SSSR count). The van der Waals surface area contributed by atoms with Crippen LogP contribution in [0.15, 0.2) is 46.4 Å². The van der Waals surface area contributed by atoms with Crippen LogP contribution in [0, 0.1) is 11.8 Å². The van der Waals surface area contributed by atoms with Gasteiger partial charge in [-0.25, -0.2) is 9.37 Å². The highest BCUT2D eigenvalue weighted by Crippen LogP contribution is 2.35. The molecule has 1 aromatic carbocycles. The summed E-state index contributed by atoms with van der Waals surface area (Å²) in [4.78, 5) is 11.1. The van der Waals surface area contributed by atoms with Crippen LogP contribution >= 0.6 is 23.1 Å². The van der Waals surface area contributed by atoms with Crippen molar-refractivity contribution in [2.75, 3.05) is 39.1 Å². The minimum Gasteiger partial charge on any atom is -0.497 e. The molecule has 1 N–H and O–H groups in total. The maximum atomic E-state index is 15.3. The monoisotopic (exact) mass is 475 g/mol. The van der Waals surface area contributed by atoms with E-state index in [-0.39, 0.29) is 12.5 Å². The van der Waals surface area contributed by atoms with Gasteiger partial charge in [-0.2, -0.15) is 0 Å². The van der Waals surface area contributed by atoms with Gasteiger partial charge in [-0.1, -0.05) is 11.8 Å². The van der Waals surface area contributed by atoms with Crippen molar-refractivity contribution in [3.63, 3.8) is 0 Å². The van der Waals surface area contributed by atoms with Gasteiger partial charge in [0.25, 0.3) is 0 Å². The van der Waals surface area contributed by atoms with Gasteiger partial charge in [-0.05, 0) is 67.5 Å². The molecule has 3 aromatic rings. The number of pyridine rings is 1. The summed E-state index contributed by atoms with van der Waals surface area (Å²) in [5.41, 5.74) is 1.45. The highest BCUT2D eigenvalue weighted by atomic mass is 32.2. The smallest absolute Gasteiger partial charge is 0.149 e. The molecule has 32 heavy (non-hydrogen) atoms. The number of likely N-dealkylation sites (tertiary alicyclic amines) is 1. The number of hydrogen-bond acceptors (Lipinski definition) is 7. The standard InChI is InChI=1S/C24H30FN3O2S2/c1-30-19-3-5-23-21(14-19)20(6-8-26-23)22(25)4-2-17-7-10-28(15-18(17)16-29)11-13-32-24-27-9-12-31-24/h3,5-6,8-9,12,14,17-18,22,29H,2,4,7,10-11,13,15-16H2,1H3/t17-,18-,22+/m1/s1. The van der Waals surface area contributed by atoms with Crippen LogP contribution in [0.2, 0.25) is 0 Å². The summed E-state index contributed by atoms with van der Waals surface area (Å²) in [7, 11) is 1.61. The number of hydrogen-bond donors (Lipinski definition) is 1. The van der Waals surface area contributed by atoms with Crippen LogP contribution in [0.5, 0.6) is 5.75 Å². The van der Waals surface area contributed by atoms with Gasteiger partial charge < -0.3 is 14.7 Å². The van der Waals surface area contributed by atoms with Gasteiger partial charge in [0.15, 0.2) is 0 Å². The largest absolute Gasteiger partial charge is 0.497 e. The van der Waals surface area contributed by atoms with E-state index in [0.717, 1.165) is 53.5 Å². The van der Waals surface area contributed by atoms with Crippen LogP contribution in [-0.2, 0) is 0 Å². The lowest BCUT2D eigenvalue weighted by Gasteiger charge is -2.38. The van der Waals surface area contributed by atoms with Crippen molar-refractivity contribution < 1.29 is 14.2 Å². The highest BCUT2D eigenvalue weighted by Gasteiger charge is 2.29. The summed E-state index contributed by atoms with van der Waals surface area (Å²) in [5, 5.41) is 12.8. The topological polar surface area (TPSA) is 58.5 Å². The molecule has 0 spiro atoms. The molecule has 0 saturated carbocycles. The van der Waals surface area contributed by atoms with E-state index in [1.807, 2.05) is 29.8 Å². The lowest BCUT2D eigenvalue weighted by molar-refractivity contribution is 0.0672. The zero-order valence-electron chi connectivity index (χ0n) is 18.3. The molecule has 1 fully saturated rings. The van der Waals surface area contributed by atoms with Crippen LogP contribution in [0.1, 0.15) is 31.0 Å². The Morgan fingerprint density at radius 1 is 1.28 bits per heavy atom. The van der Waals surface area contributed by atoms with Gasteiger partial charge in [0.2, 0.25) is 0 Å². The van der Waals surface area contributed by atoms with Crippen LogP contribution in [0.25, 0.3) is 10.9 Å². The lowest BCUT2D eigenvalue weighted by atomic mass is 9.81. The second-order valence-corrected chi connectivity index (χ2v) is 10.5. The Morgan fingerprint density at radius 3 is 2.97 bits per heavy atom. The van der Waals surface area contributed by atoms with Crippen LogP contribution < -0.4 is 4.74 Å². The number of aromatic nitrogens is 2. The summed E-state index contributed by atoms with van der Waals surface area (Å²) in [6.45, 7) is 3.04. The van der Waals surface area contributed by atoms with Gasteiger partial charge in [0.05, 0.1) is 12.6 Å². The molecule has 8 heteroatoms. The Labute approximate surface area is 197 Å². The third-order valence-electron chi connectivity index (χ3n) is 6.36. The number of halogens is 1. The number of ether oxygens (including phenoxy) is 1. The first-order chi connectivity index (χ1) is 15.7. The van der Waals surface area contributed by atoms with Gasteiger partial charge in [0, 0.05) is 48.6 Å². The molecule has 0 aliphatic carbocycles. The maximum Gasteiger partial charge on any atom is 0.149 e. The number of piperidine rings is 1. The van der Waals surface area contributed by atoms with E-state index in [9.17, 15) is 5.11 Å². The fourth-order valence-electron chi connectivity index (χ4n) is 4.55. The number of aliphatic hydroxyl groups is 1. The average molecular weight is 476 g/mol. The number of benzene rings is 1. The first kappa shape index (κ1) is 23.4. The van der Waals surface area contributed by atoms with E-state index in [1.165, 1.54) is 0 Å². The summed E-state index contributed by atoms with van der Waals surface area (Å²) < 4.78 is 21.7. The van der Waals surface area contributed by atoms with E-state index in [2.05, 4.69) is 14.9 Å². The number of methoxy groups -OCH3 is 1. The molecule has 2 aromatic heterocycles. The van der Waals surface area contributed by atoms with E-state index >= 15 is 4.39 Å². The van der Waals surface area contributed by atoms with Gasteiger partial charge >= 0.3 is 0 Å². The number of aliphatic hydroxyl groups excluding tert-OH is 1. The molecule has 3 heterocycles. The number of thiazole rings is 1. The fraction of sp³-hybridized carbons (Fsp3) is 0.500. The Hall–Kier alpha value is -1.74. The summed E-state index contributed by atoms with van der Waals surface area (Å²) in [6.07, 6.45) is 4.70. The fourth-order valence-corrected chi connectivity index (χ4v) is 6.26. The van der Waals surface area contributed by atoms with Gasteiger partial charge in [-0.3, -0.25) is 4.98 Å². The number of thioether (sulfide) groups is 1. The van der Waals surface area contributed by atoms with E-state index in [1.54, 1.807) is 42.5 Å². The Balaban J connectivity index is 1.31. The maximum absolute atomic E-state index is 15.3. The second kappa shape index (κ2) is 11.4. The van der Waals surface area contributed by atoms with Crippen molar-refractivity contribution in [2.45, 2.75) is 29.8 Å². The quantitative estimate of drug-likeness (QED) is 0.406. The van der Waals surface area contributed by atoms with Crippen molar-refractivity contribution in [3.05, 3.63) is 47.6 Å². The van der Waals surface area contributed by atoms with Crippen molar-refractivity contribution in [3.8, 4) is 5.75 Å². The Bertz CT molecular complexity index is 989. The Kier molecular flexibility index (Phi) is 8.35. The second-order valence-electron chi connectivity index (χ2n) is 8.27. The zero-order chi connectivity index (χ0) is 22.3. The molecule has 172 valence electrons. The molecule has 1 aliphatic heterocycles. The Morgan fingerprint density at radius 2 is 2.19 bits per heavy atom. The number of alkyl halides is 1. The van der Waals surface area contributed by atoms with Crippen molar-refractivity contribution in [1.29, 1.82) is 0 Å². The van der Waals surface area contributed by atoms with E-state index in [0.29, 0.717) is 23.7 Å². The molecular formula is C24H30FN3O2S2. The first-order valence-corrected chi connectivity index (χ1v) is 13.0. The molecule has 5 nitrogen and oxygen atoms in total. The molecule has 1 saturated heterocycles. The number of fused-ring (bicyclic) bond motifs is 1. The SMILES string of the molecule is COc1ccc2nccc([C@@H](F)CC[C@@H]3CCN(CCSc4nccs4)C[C@@H]3CO)c2c1. The predicted octanol–water partition coefficient (Wildman–Crippen LogP) is 5.21. The van der Waals surface area contributed by atoms with Crippen LogP contribution in [0.3, 0.4) is 0 Å². The molecule has 0 bridgehead atoms. The zero-order valence-corrected chi connectivity index (χ0v) is 20.0. The summed E-state index contributed by atoms with van der Waals surface area (Å²) >= 11 is 3.46. The van der Waals surface area contributed by atoms with Gasteiger partial charge in [-0.15, -0.1) is 11.3 Å². The van der Waals surface area contributed by atoms with E-state index in [4.69, 9.17) is 4.74 Å². The van der Waals surface area contributed by atoms with Crippen molar-refractivity contribution in [1.82, 2.24) is 14.9 Å². The molecule has 1 aliphatic rings. The predicted molar refractivity (Wildman–Crippen MR) is 129 cm³/mol. The van der Waals surface area contributed by atoms with Crippen LogP contribution in [0.4, 0.5) is 4.39 Å². The van der Waals surface area contributed by atoms with E-state index < -0.39 is 6.17 Å². The highest BCUT2D eigenvalue weighted by molar-refractivity contribution is 8.01. The summed E-state index contributed by atoms with van der Waals surface area (Å²) in [6, 6.07) is 7.36.